The minimum Gasteiger partial charge on any atom is -0.465 e. The van der Waals surface area contributed by atoms with Crippen molar-refractivity contribution in [2.24, 2.45) is 5.10 Å². The number of esters is 1. The number of aromatic amines is 1. The van der Waals surface area contributed by atoms with E-state index in [9.17, 15) is 9.59 Å². The second-order valence-electron chi connectivity index (χ2n) is 5.54. The molecule has 8 nitrogen and oxygen atoms in total. The number of hydrogen-bond acceptors (Lipinski definition) is 6. The predicted molar refractivity (Wildman–Crippen MR) is 96.4 cm³/mol. The normalized spacial score (nSPS) is 11.4. The van der Waals surface area contributed by atoms with Crippen LogP contribution in [-0.4, -0.2) is 39.4 Å². The number of benzene rings is 2. The minimum absolute atomic E-state index is 0.347. The Hall–Kier alpha value is -3.81. The number of hydrogen-bond donors (Lipinski definition) is 1. The molecule has 0 unspecified atom stereocenters. The van der Waals surface area contributed by atoms with Crippen molar-refractivity contribution in [2.45, 2.75) is 0 Å². The first kappa shape index (κ1) is 15.7. The number of nitrogens with one attached hydrogen (secondary N) is 1. The van der Waals surface area contributed by atoms with Crippen LogP contribution < -0.4 is 5.56 Å². The van der Waals surface area contributed by atoms with Gasteiger partial charge in [-0.25, -0.2) is 4.79 Å². The van der Waals surface area contributed by atoms with Gasteiger partial charge in [-0.05, 0) is 29.0 Å². The van der Waals surface area contributed by atoms with E-state index in [1.54, 1.807) is 24.3 Å². The maximum absolute atomic E-state index is 12.6. The Bertz CT molecular complexity index is 1210. The Balaban J connectivity index is 1.70. The zero-order chi connectivity index (χ0) is 18.1. The van der Waals surface area contributed by atoms with E-state index in [1.807, 2.05) is 24.3 Å². The number of H-pyrrole nitrogens is 1. The molecule has 0 fully saturated rings. The first-order chi connectivity index (χ1) is 12.7. The van der Waals surface area contributed by atoms with Crippen LogP contribution in [0.5, 0.6) is 0 Å². The molecule has 0 aliphatic rings. The largest absolute Gasteiger partial charge is 0.465 e. The van der Waals surface area contributed by atoms with Crippen LogP contribution in [0.25, 0.3) is 21.9 Å². The molecule has 0 radical (unpaired) electrons. The van der Waals surface area contributed by atoms with Crippen LogP contribution in [0.15, 0.2) is 58.4 Å². The fourth-order valence-electron chi connectivity index (χ4n) is 2.63. The Morgan fingerprint density at radius 1 is 1.19 bits per heavy atom. The van der Waals surface area contributed by atoms with E-state index in [-0.39, 0.29) is 0 Å². The third kappa shape index (κ3) is 2.63. The first-order valence-corrected chi connectivity index (χ1v) is 7.76. The molecule has 2 heterocycles. The Labute approximate surface area is 146 Å². The maximum atomic E-state index is 12.6. The standard InChI is InChI=1S/C18H13N5O3/c1-26-18(25)12-8-6-11(7-9-12)10-19-23-17(24)16-15(21-22-23)13-4-2-3-5-14(13)20-16/h2-10,20H,1H3/b19-10+. The second-order valence-corrected chi connectivity index (χ2v) is 5.54. The lowest BCUT2D eigenvalue weighted by atomic mass is 10.1. The summed E-state index contributed by atoms with van der Waals surface area (Å²) in [6, 6.07) is 14.1. The lowest BCUT2D eigenvalue weighted by molar-refractivity contribution is 0.0600. The van der Waals surface area contributed by atoms with E-state index in [0.717, 1.165) is 15.7 Å². The average Bonchev–Trinajstić information content (AvgIpc) is 3.07. The van der Waals surface area contributed by atoms with Crippen molar-refractivity contribution in [3.63, 3.8) is 0 Å². The van der Waals surface area contributed by atoms with E-state index < -0.39 is 11.5 Å². The van der Waals surface area contributed by atoms with Gasteiger partial charge >= 0.3 is 11.5 Å². The molecule has 2 aromatic heterocycles. The van der Waals surface area contributed by atoms with Gasteiger partial charge in [-0.3, -0.25) is 4.79 Å². The number of fused-ring (bicyclic) bond motifs is 3. The van der Waals surface area contributed by atoms with Gasteiger partial charge < -0.3 is 9.72 Å². The fraction of sp³-hybridized carbons (Fsp3) is 0.0556. The van der Waals surface area contributed by atoms with Gasteiger partial charge in [-0.1, -0.05) is 35.1 Å². The first-order valence-electron chi connectivity index (χ1n) is 7.76. The molecule has 0 spiro atoms. The van der Waals surface area contributed by atoms with Crippen molar-refractivity contribution < 1.29 is 9.53 Å². The minimum atomic E-state index is -0.417. The average molecular weight is 347 g/mol. The van der Waals surface area contributed by atoms with Crippen molar-refractivity contribution in [1.82, 2.24) is 20.1 Å². The summed E-state index contributed by atoms with van der Waals surface area (Å²) in [4.78, 5) is 28.0. The molecule has 0 aliphatic heterocycles. The SMILES string of the molecule is COC(=O)c1ccc(/C=N/n2nnc3c([nH]c4ccccc43)c2=O)cc1. The number of methoxy groups -OCH3 is 1. The third-order valence-electron chi connectivity index (χ3n) is 3.95. The Kier molecular flexibility index (Phi) is 3.77. The number of rotatable bonds is 3. The van der Waals surface area contributed by atoms with Crippen LogP contribution in [0.4, 0.5) is 0 Å². The van der Waals surface area contributed by atoms with E-state index in [0.29, 0.717) is 22.2 Å². The summed E-state index contributed by atoms with van der Waals surface area (Å²) in [6.45, 7) is 0. The van der Waals surface area contributed by atoms with Gasteiger partial charge in [0.15, 0.2) is 0 Å². The molecule has 4 aromatic rings. The van der Waals surface area contributed by atoms with Gasteiger partial charge in [0.2, 0.25) is 0 Å². The summed E-state index contributed by atoms with van der Waals surface area (Å²) in [5.74, 6) is -0.417. The van der Waals surface area contributed by atoms with E-state index in [2.05, 4.69) is 25.1 Å². The number of ether oxygens (including phenoxy) is 1. The number of nitrogens with zero attached hydrogens (tertiary/aromatic N) is 4. The smallest absolute Gasteiger partial charge is 0.337 e. The number of carbonyl (C=O) groups is 1. The van der Waals surface area contributed by atoms with Crippen LogP contribution in [0.3, 0.4) is 0 Å². The highest BCUT2D eigenvalue weighted by Gasteiger charge is 2.11. The third-order valence-corrected chi connectivity index (χ3v) is 3.95. The molecule has 2 aromatic carbocycles. The van der Waals surface area contributed by atoms with Crippen LogP contribution >= 0.6 is 0 Å². The number of aromatic nitrogens is 4. The number of carbonyl (C=O) groups excluding carboxylic acids is 1. The molecule has 0 atom stereocenters. The van der Waals surface area contributed by atoms with Crippen LogP contribution in [0, 0.1) is 0 Å². The molecule has 0 saturated heterocycles. The molecule has 1 N–H and O–H groups in total. The summed E-state index contributed by atoms with van der Waals surface area (Å²) in [6.07, 6.45) is 1.46. The topological polar surface area (TPSA) is 102 Å². The fourth-order valence-corrected chi connectivity index (χ4v) is 2.63. The summed E-state index contributed by atoms with van der Waals surface area (Å²) in [5, 5.41) is 12.9. The highest BCUT2D eigenvalue weighted by Crippen LogP contribution is 2.19. The summed E-state index contributed by atoms with van der Waals surface area (Å²) in [5.41, 5.74) is 2.41. The zero-order valence-electron chi connectivity index (χ0n) is 13.7. The van der Waals surface area contributed by atoms with E-state index in [4.69, 9.17) is 0 Å². The van der Waals surface area contributed by atoms with Crippen molar-refractivity contribution in [3.05, 3.63) is 70.0 Å². The predicted octanol–water partition coefficient (Wildman–Crippen LogP) is 1.94. The maximum Gasteiger partial charge on any atom is 0.337 e. The van der Waals surface area contributed by atoms with E-state index >= 15 is 0 Å². The van der Waals surface area contributed by atoms with Crippen LogP contribution in [0.1, 0.15) is 15.9 Å². The monoisotopic (exact) mass is 347 g/mol. The Morgan fingerprint density at radius 3 is 2.73 bits per heavy atom. The molecule has 0 bridgehead atoms. The highest BCUT2D eigenvalue weighted by atomic mass is 16.5. The van der Waals surface area contributed by atoms with Crippen molar-refractivity contribution in [2.75, 3.05) is 7.11 Å². The summed E-state index contributed by atoms with van der Waals surface area (Å²) < 4.78 is 4.65. The molecule has 4 rings (SSSR count). The van der Waals surface area contributed by atoms with Gasteiger partial charge in [0, 0.05) is 10.9 Å². The van der Waals surface area contributed by atoms with Gasteiger partial charge in [0.1, 0.15) is 11.0 Å². The molecule has 8 heteroatoms. The molecule has 0 amide bonds. The quantitative estimate of drug-likeness (QED) is 0.451. The van der Waals surface area contributed by atoms with Gasteiger partial charge in [0.25, 0.3) is 0 Å². The van der Waals surface area contributed by atoms with Crippen molar-refractivity contribution in [3.8, 4) is 0 Å². The van der Waals surface area contributed by atoms with Gasteiger partial charge in [0.05, 0.1) is 18.9 Å². The molecule has 128 valence electrons. The van der Waals surface area contributed by atoms with Gasteiger partial charge in [-0.15, -0.1) is 5.10 Å². The van der Waals surface area contributed by atoms with Crippen molar-refractivity contribution in [1.29, 1.82) is 0 Å². The number of para-hydroxylation sites is 1. The summed E-state index contributed by atoms with van der Waals surface area (Å²) in [7, 11) is 1.32. The lowest BCUT2D eigenvalue weighted by Gasteiger charge is -1.99. The second kappa shape index (κ2) is 6.25. The molecular weight excluding hydrogens is 334 g/mol. The molecule has 0 aliphatic carbocycles. The van der Waals surface area contributed by atoms with Gasteiger partial charge in [-0.2, -0.15) is 5.10 Å². The molecule has 26 heavy (non-hydrogen) atoms. The lowest BCUT2D eigenvalue weighted by Crippen LogP contribution is -2.20. The van der Waals surface area contributed by atoms with E-state index in [1.165, 1.54) is 13.3 Å². The van der Waals surface area contributed by atoms with Crippen LogP contribution in [-0.2, 0) is 4.74 Å². The summed E-state index contributed by atoms with van der Waals surface area (Å²) >= 11 is 0. The zero-order valence-corrected chi connectivity index (χ0v) is 13.7. The highest BCUT2D eigenvalue weighted by molar-refractivity contribution is 6.04. The molecular formula is C18H13N5O3. The van der Waals surface area contributed by atoms with Crippen molar-refractivity contribution >= 4 is 34.1 Å². The molecule has 0 saturated carbocycles. The Morgan fingerprint density at radius 2 is 1.96 bits per heavy atom. The van der Waals surface area contributed by atoms with Crippen LogP contribution in [0.2, 0.25) is 0 Å².